The second-order valence-electron chi connectivity index (χ2n) is 5.17. The molecule has 0 aromatic carbocycles. The van der Waals surface area contributed by atoms with Crippen molar-refractivity contribution in [1.29, 1.82) is 0 Å². The first-order valence-electron chi connectivity index (χ1n) is 6.92. The molecule has 2 aromatic heterocycles. The van der Waals surface area contributed by atoms with Crippen molar-refractivity contribution in [2.75, 3.05) is 31.1 Å². The summed E-state index contributed by atoms with van der Waals surface area (Å²) in [5.41, 5.74) is 0. The van der Waals surface area contributed by atoms with Gasteiger partial charge in [-0.2, -0.15) is 0 Å². The summed E-state index contributed by atoms with van der Waals surface area (Å²) >= 11 is 1.94. The van der Waals surface area contributed by atoms with E-state index in [1.165, 1.54) is 35.2 Å². The Kier molecular flexibility index (Phi) is 3.80. The van der Waals surface area contributed by atoms with Crippen LogP contribution in [0.4, 0.5) is 5.82 Å². The number of rotatable bonds is 3. The van der Waals surface area contributed by atoms with E-state index in [4.69, 9.17) is 0 Å². The quantitative estimate of drug-likeness (QED) is 0.878. The standard InChI is InChI=1S/C15H19N3S/c1-13-5-6-14(19-13)12-17-8-10-18(11-9-17)15-4-2-3-7-16-15/h2-7H,8-12H2,1H3/p+2. The molecule has 0 bridgehead atoms. The highest BCUT2D eigenvalue weighted by molar-refractivity contribution is 7.11. The topological polar surface area (TPSA) is 21.8 Å². The van der Waals surface area contributed by atoms with Gasteiger partial charge in [-0.05, 0) is 25.1 Å². The van der Waals surface area contributed by atoms with Crippen molar-refractivity contribution in [3.63, 3.8) is 0 Å². The van der Waals surface area contributed by atoms with E-state index in [1.807, 2.05) is 23.6 Å². The Hall–Kier alpha value is -1.39. The maximum Gasteiger partial charge on any atom is 0.274 e. The Balaban J connectivity index is 1.55. The average Bonchev–Trinajstić information content (AvgIpc) is 2.86. The Labute approximate surface area is 118 Å². The molecule has 1 aliphatic rings. The van der Waals surface area contributed by atoms with E-state index in [0.717, 1.165) is 13.1 Å². The zero-order valence-corrected chi connectivity index (χ0v) is 12.2. The molecule has 2 N–H and O–H groups in total. The van der Waals surface area contributed by atoms with Crippen LogP contribution in [0.1, 0.15) is 9.75 Å². The summed E-state index contributed by atoms with van der Waals surface area (Å²) in [6.07, 6.45) is 2.00. The fourth-order valence-electron chi connectivity index (χ4n) is 2.65. The van der Waals surface area contributed by atoms with Gasteiger partial charge in [-0.3, -0.25) is 4.90 Å². The largest absolute Gasteiger partial charge is 0.324 e. The van der Waals surface area contributed by atoms with Crippen LogP contribution in [-0.4, -0.2) is 26.2 Å². The van der Waals surface area contributed by atoms with Gasteiger partial charge in [0.25, 0.3) is 5.82 Å². The van der Waals surface area contributed by atoms with Crippen molar-refractivity contribution in [2.24, 2.45) is 0 Å². The molecular weight excluding hydrogens is 254 g/mol. The van der Waals surface area contributed by atoms with E-state index in [0.29, 0.717) is 0 Å². The van der Waals surface area contributed by atoms with Crippen molar-refractivity contribution < 1.29 is 9.88 Å². The third-order valence-corrected chi connectivity index (χ3v) is 4.72. The molecule has 3 rings (SSSR count). The highest BCUT2D eigenvalue weighted by Gasteiger charge is 2.25. The predicted molar refractivity (Wildman–Crippen MR) is 78.7 cm³/mol. The molecule has 0 radical (unpaired) electrons. The zero-order valence-electron chi connectivity index (χ0n) is 11.4. The van der Waals surface area contributed by atoms with Gasteiger partial charge in [0.05, 0.1) is 11.1 Å². The molecule has 0 amide bonds. The van der Waals surface area contributed by atoms with Crippen molar-refractivity contribution in [3.05, 3.63) is 46.3 Å². The van der Waals surface area contributed by atoms with Gasteiger partial charge in [-0.15, -0.1) is 11.3 Å². The SMILES string of the molecule is Cc1ccc(C[NH+]2CCN(c3cccc[nH+]3)CC2)s1. The number of aromatic nitrogens is 1. The molecule has 0 aliphatic carbocycles. The molecule has 100 valence electrons. The van der Waals surface area contributed by atoms with Crippen LogP contribution in [0.25, 0.3) is 0 Å². The highest BCUT2D eigenvalue weighted by Crippen LogP contribution is 2.13. The maximum atomic E-state index is 3.32. The van der Waals surface area contributed by atoms with Gasteiger partial charge in [0.15, 0.2) is 0 Å². The summed E-state index contributed by atoms with van der Waals surface area (Å²) < 4.78 is 0. The third kappa shape index (κ3) is 3.14. The number of piperazine rings is 1. The van der Waals surface area contributed by atoms with Crippen LogP contribution in [0.2, 0.25) is 0 Å². The van der Waals surface area contributed by atoms with E-state index < -0.39 is 0 Å². The summed E-state index contributed by atoms with van der Waals surface area (Å²) in [5, 5.41) is 0. The lowest BCUT2D eigenvalue weighted by atomic mass is 10.3. The van der Waals surface area contributed by atoms with Gasteiger partial charge in [0, 0.05) is 10.9 Å². The van der Waals surface area contributed by atoms with Gasteiger partial charge in [-0.1, -0.05) is 6.07 Å². The van der Waals surface area contributed by atoms with Crippen LogP contribution in [0.3, 0.4) is 0 Å². The lowest BCUT2D eigenvalue weighted by molar-refractivity contribution is -0.914. The minimum atomic E-state index is 1.14. The van der Waals surface area contributed by atoms with Gasteiger partial charge in [0.1, 0.15) is 32.7 Å². The normalized spacial score (nSPS) is 16.8. The molecule has 2 aromatic rings. The summed E-state index contributed by atoms with van der Waals surface area (Å²) in [6.45, 7) is 8.09. The first-order chi connectivity index (χ1) is 9.31. The van der Waals surface area contributed by atoms with Crippen LogP contribution in [0, 0.1) is 6.92 Å². The minimum absolute atomic E-state index is 1.14. The molecule has 1 saturated heterocycles. The number of anilines is 1. The molecule has 1 aliphatic heterocycles. The lowest BCUT2D eigenvalue weighted by Gasteiger charge is -2.27. The monoisotopic (exact) mass is 275 g/mol. The van der Waals surface area contributed by atoms with Gasteiger partial charge in [-0.25, -0.2) is 4.98 Å². The number of nitrogens with zero attached hydrogens (tertiary/aromatic N) is 1. The molecule has 3 nitrogen and oxygen atoms in total. The number of thiophene rings is 1. The van der Waals surface area contributed by atoms with Crippen molar-refractivity contribution in [3.8, 4) is 0 Å². The maximum absolute atomic E-state index is 3.32. The zero-order chi connectivity index (χ0) is 13.1. The number of nitrogens with one attached hydrogen (secondary N) is 2. The number of hydrogen-bond donors (Lipinski definition) is 1. The first-order valence-corrected chi connectivity index (χ1v) is 7.73. The first kappa shape index (κ1) is 12.6. The number of aryl methyl sites for hydroxylation is 1. The van der Waals surface area contributed by atoms with Crippen molar-refractivity contribution in [1.82, 2.24) is 0 Å². The molecule has 19 heavy (non-hydrogen) atoms. The van der Waals surface area contributed by atoms with Crippen molar-refractivity contribution in [2.45, 2.75) is 13.5 Å². The van der Waals surface area contributed by atoms with Crippen LogP contribution in [-0.2, 0) is 6.54 Å². The molecular formula is C15H21N3S+2. The molecule has 0 atom stereocenters. The van der Waals surface area contributed by atoms with Gasteiger partial charge < -0.3 is 4.90 Å². The Morgan fingerprint density at radius 2 is 2.05 bits per heavy atom. The van der Waals surface area contributed by atoms with Crippen LogP contribution >= 0.6 is 11.3 Å². The highest BCUT2D eigenvalue weighted by atomic mass is 32.1. The van der Waals surface area contributed by atoms with Crippen LogP contribution in [0.5, 0.6) is 0 Å². The average molecular weight is 275 g/mol. The number of pyridine rings is 1. The molecule has 0 saturated carbocycles. The van der Waals surface area contributed by atoms with E-state index in [1.54, 1.807) is 4.90 Å². The fraction of sp³-hybridized carbons (Fsp3) is 0.400. The summed E-state index contributed by atoms with van der Waals surface area (Å²) in [7, 11) is 0. The minimum Gasteiger partial charge on any atom is -0.324 e. The van der Waals surface area contributed by atoms with Gasteiger partial charge in [0.2, 0.25) is 0 Å². The number of hydrogen-bond acceptors (Lipinski definition) is 2. The second kappa shape index (κ2) is 5.72. The number of quaternary nitrogens is 1. The van der Waals surface area contributed by atoms with E-state index >= 15 is 0 Å². The van der Waals surface area contributed by atoms with Crippen LogP contribution in [0.15, 0.2) is 36.5 Å². The second-order valence-corrected chi connectivity index (χ2v) is 6.55. The smallest absolute Gasteiger partial charge is 0.274 e. The van der Waals surface area contributed by atoms with Gasteiger partial charge >= 0.3 is 0 Å². The summed E-state index contributed by atoms with van der Waals surface area (Å²) in [4.78, 5) is 10.4. The Bertz CT molecular complexity index is 515. The Morgan fingerprint density at radius 1 is 1.21 bits per heavy atom. The van der Waals surface area contributed by atoms with E-state index in [2.05, 4.69) is 41.1 Å². The summed E-state index contributed by atoms with van der Waals surface area (Å²) in [6, 6.07) is 10.8. The number of H-pyrrole nitrogens is 1. The summed E-state index contributed by atoms with van der Waals surface area (Å²) in [5.74, 6) is 1.24. The molecule has 0 spiro atoms. The molecule has 0 unspecified atom stereocenters. The molecule has 1 fully saturated rings. The van der Waals surface area contributed by atoms with Crippen molar-refractivity contribution >= 4 is 17.2 Å². The molecule has 4 heteroatoms. The van der Waals surface area contributed by atoms with E-state index in [9.17, 15) is 0 Å². The lowest BCUT2D eigenvalue weighted by Crippen LogP contribution is -3.13. The number of aromatic amines is 1. The Morgan fingerprint density at radius 3 is 2.68 bits per heavy atom. The van der Waals surface area contributed by atoms with E-state index in [-0.39, 0.29) is 0 Å². The predicted octanol–water partition coefficient (Wildman–Crippen LogP) is 0.776. The third-order valence-electron chi connectivity index (χ3n) is 3.72. The van der Waals surface area contributed by atoms with Crippen LogP contribution < -0.4 is 14.8 Å². The molecule has 3 heterocycles. The fourth-order valence-corrected chi connectivity index (χ4v) is 3.61.